The van der Waals surface area contributed by atoms with Crippen LogP contribution in [0.5, 0.6) is 0 Å². The molecule has 0 aromatic rings. The summed E-state index contributed by atoms with van der Waals surface area (Å²) < 4.78 is 5.67. The molecular formula is C13H28N2O. The smallest absolute Gasteiger partial charge is 0.0599 e. The number of likely N-dealkylation sites (tertiary alicyclic amines) is 1. The van der Waals surface area contributed by atoms with Crippen LogP contribution in [-0.2, 0) is 4.74 Å². The molecule has 1 aliphatic heterocycles. The molecule has 1 saturated heterocycles. The number of hydrogen-bond donors (Lipinski definition) is 1. The third-order valence-corrected chi connectivity index (χ3v) is 2.86. The third kappa shape index (κ3) is 6.46. The summed E-state index contributed by atoms with van der Waals surface area (Å²) in [5.74, 6) is 0. The van der Waals surface area contributed by atoms with Crippen molar-refractivity contribution in [2.45, 2.75) is 52.2 Å². The fourth-order valence-electron chi connectivity index (χ4n) is 2.08. The molecule has 0 bridgehead atoms. The van der Waals surface area contributed by atoms with Gasteiger partial charge in [0, 0.05) is 19.1 Å². The van der Waals surface area contributed by atoms with Gasteiger partial charge in [0.05, 0.1) is 12.2 Å². The van der Waals surface area contributed by atoms with E-state index in [1.54, 1.807) is 0 Å². The number of nitrogens with zero attached hydrogens (tertiary/aromatic N) is 1. The van der Waals surface area contributed by atoms with Crippen molar-refractivity contribution >= 4 is 0 Å². The summed E-state index contributed by atoms with van der Waals surface area (Å²) in [6.07, 6.45) is 2.75. The summed E-state index contributed by atoms with van der Waals surface area (Å²) in [6.45, 7) is 14.0. The van der Waals surface area contributed by atoms with Gasteiger partial charge in [-0.15, -0.1) is 0 Å². The van der Waals surface area contributed by atoms with Gasteiger partial charge in [-0.1, -0.05) is 0 Å². The van der Waals surface area contributed by atoms with Gasteiger partial charge in [-0.05, 0) is 53.6 Å². The molecule has 1 rings (SSSR count). The highest BCUT2D eigenvalue weighted by molar-refractivity contribution is 4.72. The Kier molecular flexibility index (Phi) is 5.73. The van der Waals surface area contributed by atoms with Crippen LogP contribution in [0.3, 0.4) is 0 Å². The minimum atomic E-state index is -0.0140. The van der Waals surface area contributed by atoms with Gasteiger partial charge in [0.15, 0.2) is 0 Å². The SMILES string of the molecule is CC(CN1CCCC1)NCCOC(C)(C)C. The van der Waals surface area contributed by atoms with Crippen LogP contribution in [0.25, 0.3) is 0 Å². The van der Waals surface area contributed by atoms with Crippen molar-refractivity contribution in [1.29, 1.82) is 0 Å². The largest absolute Gasteiger partial charge is 0.375 e. The maximum Gasteiger partial charge on any atom is 0.0599 e. The lowest BCUT2D eigenvalue weighted by atomic mass is 10.2. The summed E-state index contributed by atoms with van der Waals surface area (Å²) in [6, 6.07) is 0.571. The Balaban J connectivity index is 1.99. The van der Waals surface area contributed by atoms with Gasteiger partial charge in [0.1, 0.15) is 0 Å². The van der Waals surface area contributed by atoms with Gasteiger partial charge in [0.2, 0.25) is 0 Å². The normalized spacial score (nSPS) is 20.2. The zero-order valence-corrected chi connectivity index (χ0v) is 11.4. The minimum absolute atomic E-state index is 0.0140. The van der Waals surface area contributed by atoms with E-state index >= 15 is 0 Å². The molecule has 0 amide bonds. The van der Waals surface area contributed by atoms with Gasteiger partial charge < -0.3 is 15.0 Å². The molecule has 1 heterocycles. The molecule has 1 aliphatic rings. The van der Waals surface area contributed by atoms with Crippen LogP contribution < -0.4 is 5.32 Å². The predicted octanol–water partition coefficient (Wildman–Crippen LogP) is 1.88. The monoisotopic (exact) mass is 228 g/mol. The Hall–Kier alpha value is -0.120. The van der Waals surface area contributed by atoms with E-state index < -0.39 is 0 Å². The van der Waals surface area contributed by atoms with E-state index in [2.05, 4.69) is 37.9 Å². The molecule has 16 heavy (non-hydrogen) atoms. The topological polar surface area (TPSA) is 24.5 Å². The van der Waals surface area contributed by atoms with Crippen LogP contribution in [-0.4, -0.2) is 49.3 Å². The molecule has 0 radical (unpaired) electrons. The van der Waals surface area contributed by atoms with Gasteiger partial charge in [-0.25, -0.2) is 0 Å². The first-order valence-corrected chi connectivity index (χ1v) is 6.57. The molecule has 3 heteroatoms. The average molecular weight is 228 g/mol. The summed E-state index contributed by atoms with van der Waals surface area (Å²) in [7, 11) is 0. The maximum absolute atomic E-state index is 5.67. The predicted molar refractivity (Wildman–Crippen MR) is 68.8 cm³/mol. The van der Waals surface area contributed by atoms with E-state index in [0.717, 1.165) is 13.2 Å². The highest BCUT2D eigenvalue weighted by Crippen LogP contribution is 2.07. The molecule has 0 aromatic heterocycles. The Labute approximate surface area is 101 Å². The summed E-state index contributed by atoms with van der Waals surface area (Å²) in [4.78, 5) is 2.54. The molecule has 1 fully saturated rings. The van der Waals surface area contributed by atoms with E-state index in [-0.39, 0.29) is 5.60 Å². The van der Waals surface area contributed by atoms with Crippen LogP contribution in [0.2, 0.25) is 0 Å². The highest BCUT2D eigenvalue weighted by Gasteiger charge is 2.14. The second-order valence-electron chi connectivity index (χ2n) is 5.82. The van der Waals surface area contributed by atoms with Gasteiger partial charge >= 0.3 is 0 Å². The fraction of sp³-hybridized carbons (Fsp3) is 1.00. The first-order chi connectivity index (χ1) is 7.47. The first-order valence-electron chi connectivity index (χ1n) is 6.57. The molecule has 1 atom stereocenters. The number of rotatable bonds is 6. The van der Waals surface area contributed by atoms with Crippen LogP contribution >= 0.6 is 0 Å². The molecule has 0 spiro atoms. The van der Waals surface area contributed by atoms with Crippen LogP contribution in [0.4, 0.5) is 0 Å². The second-order valence-corrected chi connectivity index (χ2v) is 5.82. The fourth-order valence-corrected chi connectivity index (χ4v) is 2.08. The van der Waals surface area contributed by atoms with Crippen molar-refractivity contribution in [2.75, 3.05) is 32.8 Å². The van der Waals surface area contributed by atoms with E-state index in [9.17, 15) is 0 Å². The molecule has 3 nitrogen and oxygen atoms in total. The summed E-state index contributed by atoms with van der Waals surface area (Å²) in [5, 5.41) is 3.52. The zero-order valence-electron chi connectivity index (χ0n) is 11.4. The zero-order chi connectivity index (χ0) is 12.0. The summed E-state index contributed by atoms with van der Waals surface area (Å²) >= 11 is 0. The average Bonchev–Trinajstić information content (AvgIpc) is 2.63. The number of ether oxygens (including phenoxy) is 1. The van der Waals surface area contributed by atoms with Gasteiger partial charge in [-0.2, -0.15) is 0 Å². The Morgan fingerprint density at radius 1 is 1.25 bits per heavy atom. The van der Waals surface area contributed by atoms with E-state index in [0.29, 0.717) is 6.04 Å². The van der Waals surface area contributed by atoms with Crippen molar-refractivity contribution in [2.24, 2.45) is 0 Å². The molecule has 0 aromatic carbocycles. The molecule has 0 saturated carbocycles. The Morgan fingerprint density at radius 2 is 1.88 bits per heavy atom. The Bertz CT molecular complexity index is 183. The molecular weight excluding hydrogens is 200 g/mol. The lowest BCUT2D eigenvalue weighted by molar-refractivity contribution is -0.00172. The van der Waals surface area contributed by atoms with E-state index in [1.165, 1.54) is 32.5 Å². The van der Waals surface area contributed by atoms with E-state index in [4.69, 9.17) is 4.74 Å². The summed E-state index contributed by atoms with van der Waals surface area (Å²) in [5.41, 5.74) is -0.0140. The second kappa shape index (κ2) is 6.58. The molecule has 1 unspecified atom stereocenters. The number of nitrogens with one attached hydrogen (secondary N) is 1. The van der Waals surface area contributed by atoms with E-state index in [1.807, 2.05) is 0 Å². The third-order valence-electron chi connectivity index (χ3n) is 2.86. The standard InChI is InChI=1S/C13H28N2O/c1-12(11-15-8-5-6-9-15)14-7-10-16-13(2,3)4/h12,14H,5-11H2,1-4H3. The van der Waals surface area contributed by atoms with Crippen molar-refractivity contribution in [1.82, 2.24) is 10.2 Å². The van der Waals surface area contributed by atoms with Crippen molar-refractivity contribution < 1.29 is 4.74 Å². The highest BCUT2D eigenvalue weighted by atomic mass is 16.5. The maximum atomic E-state index is 5.67. The van der Waals surface area contributed by atoms with Gasteiger partial charge in [-0.3, -0.25) is 0 Å². The van der Waals surface area contributed by atoms with Crippen molar-refractivity contribution in [3.05, 3.63) is 0 Å². The van der Waals surface area contributed by atoms with Crippen molar-refractivity contribution in [3.63, 3.8) is 0 Å². The van der Waals surface area contributed by atoms with Crippen LogP contribution in [0.15, 0.2) is 0 Å². The van der Waals surface area contributed by atoms with Gasteiger partial charge in [0.25, 0.3) is 0 Å². The van der Waals surface area contributed by atoms with Crippen molar-refractivity contribution in [3.8, 4) is 0 Å². The molecule has 96 valence electrons. The number of hydrogen-bond acceptors (Lipinski definition) is 3. The van der Waals surface area contributed by atoms with Crippen LogP contribution in [0, 0.1) is 0 Å². The molecule has 0 aliphatic carbocycles. The minimum Gasteiger partial charge on any atom is -0.375 e. The molecule has 1 N–H and O–H groups in total. The Morgan fingerprint density at radius 3 is 2.44 bits per heavy atom. The van der Waals surface area contributed by atoms with Crippen LogP contribution in [0.1, 0.15) is 40.5 Å². The lowest BCUT2D eigenvalue weighted by Gasteiger charge is -2.23. The lowest BCUT2D eigenvalue weighted by Crippen LogP contribution is -2.40. The first kappa shape index (κ1) is 13.9. The quantitative estimate of drug-likeness (QED) is 0.703.